The first-order valence-corrected chi connectivity index (χ1v) is 16.7. The molecule has 0 radical (unpaired) electrons. The van der Waals surface area contributed by atoms with Crippen molar-refractivity contribution < 1.29 is 24.2 Å². The third kappa shape index (κ3) is 8.62. The molecule has 3 aliphatic rings. The Balaban J connectivity index is 0.00000461. The second kappa shape index (κ2) is 14.9. The Kier molecular flexibility index (Phi) is 11.7. The van der Waals surface area contributed by atoms with Gasteiger partial charge in [-0.1, -0.05) is 45.0 Å². The van der Waals surface area contributed by atoms with E-state index >= 15 is 0 Å². The van der Waals surface area contributed by atoms with E-state index in [1.54, 1.807) is 11.3 Å². The number of nitrogens with one attached hydrogen (secondary N) is 3. The van der Waals surface area contributed by atoms with Gasteiger partial charge in [-0.25, -0.2) is 4.98 Å². The Bertz CT molecular complexity index is 1310. The van der Waals surface area contributed by atoms with Crippen LogP contribution in [0, 0.1) is 17.8 Å². The third-order valence-corrected chi connectivity index (χ3v) is 10.5. The van der Waals surface area contributed by atoms with E-state index in [9.17, 15) is 19.5 Å². The molecule has 3 heterocycles. The van der Waals surface area contributed by atoms with Gasteiger partial charge in [-0.15, -0.1) is 23.7 Å². The molecule has 3 amide bonds. The number of amides is 3. The van der Waals surface area contributed by atoms with Crippen molar-refractivity contribution in [2.75, 3.05) is 26.2 Å². The molecule has 2 saturated heterocycles. The average Bonchev–Trinajstić information content (AvgIpc) is 3.74. The van der Waals surface area contributed by atoms with Gasteiger partial charge in [0.05, 0.1) is 28.3 Å². The number of halogens is 1. The van der Waals surface area contributed by atoms with Crippen molar-refractivity contribution in [3.63, 3.8) is 0 Å². The number of hydrogen-bond donors (Lipinski definition) is 4. The molecule has 2 aliphatic heterocycles. The minimum atomic E-state index is -0.874. The predicted octanol–water partition coefficient (Wildman–Crippen LogP) is 3.59. The van der Waals surface area contributed by atoms with Crippen molar-refractivity contribution in [1.82, 2.24) is 25.8 Å². The lowest BCUT2D eigenvalue weighted by Gasteiger charge is -2.37. The normalized spacial score (nSPS) is 25.5. The van der Waals surface area contributed by atoms with E-state index < -0.39 is 23.6 Å². The number of nitrogens with zero attached hydrogens (tertiary/aromatic N) is 2. The highest BCUT2D eigenvalue weighted by Gasteiger charge is 2.44. The van der Waals surface area contributed by atoms with Gasteiger partial charge in [-0.3, -0.25) is 14.4 Å². The molecule has 3 fully saturated rings. The van der Waals surface area contributed by atoms with Gasteiger partial charge in [0, 0.05) is 26.1 Å². The number of ether oxygens (including phenoxy) is 1. The summed E-state index contributed by atoms with van der Waals surface area (Å²) in [5.41, 5.74) is 4.58. The predicted molar refractivity (Wildman–Crippen MR) is 177 cm³/mol. The fourth-order valence-electron chi connectivity index (χ4n) is 6.77. The number of carbonyl (C=O) groups excluding carboxylic acids is 3. The number of aliphatic hydroxyl groups excluding tert-OH is 1. The van der Waals surface area contributed by atoms with Crippen molar-refractivity contribution in [1.29, 1.82) is 0 Å². The van der Waals surface area contributed by atoms with Crippen molar-refractivity contribution in [2.24, 2.45) is 10.8 Å². The molecular weight excluding hydrogens is 614 g/mol. The fraction of sp³-hybridized carbons (Fsp3) is 0.636. The topological polar surface area (TPSA) is 133 Å². The zero-order valence-corrected chi connectivity index (χ0v) is 28.4. The molecule has 12 heteroatoms. The summed E-state index contributed by atoms with van der Waals surface area (Å²) in [6, 6.07) is 6.25. The lowest BCUT2D eigenvalue weighted by molar-refractivity contribution is -0.145. The highest BCUT2D eigenvalue weighted by molar-refractivity contribution is 7.13. The molecule has 1 saturated carbocycles. The summed E-state index contributed by atoms with van der Waals surface area (Å²) >= 11 is 1.59. The first-order chi connectivity index (χ1) is 20.9. The molecule has 0 bridgehead atoms. The number of aryl methyl sites for hydroxylation is 1. The fourth-order valence-corrected chi connectivity index (χ4v) is 7.58. The van der Waals surface area contributed by atoms with Gasteiger partial charge in [0.2, 0.25) is 17.7 Å². The van der Waals surface area contributed by atoms with Crippen LogP contribution in [0.4, 0.5) is 0 Å². The van der Waals surface area contributed by atoms with Crippen LogP contribution in [0.1, 0.15) is 70.6 Å². The van der Waals surface area contributed by atoms with Gasteiger partial charge in [0.1, 0.15) is 18.7 Å². The molecule has 1 aliphatic carbocycles. The molecule has 5 rings (SSSR count). The quantitative estimate of drug-likeness (QED) is 0.323. The first kappa shape index (κ1) is 35.3. The second-order valence-corrected chi connectivity index (χ2v) is 14.7. The molecule has 0 unspecified atom stereocenters. The summed E-state index contributed by atoms with van der Waals surface area (Å²) in [6.07, 6.45) is 4.67. The van der Waals surface area contributed by atoms with E-state index in [0.29, 0.717) is 12.0 Å². The van der Waals surface area contributed by atoms with E-state index in [4.69, 9.17) is 4.74 Å². The van der Waals surface area contributed by atoms with Crippen LogP contribution in [0.2, 0.25) is 0 Å². The molecule has 3 atom stereocenters. The van der Waals surface area contributed by atoms with Crippen LogP contribution in [0.15, 0.2) is 29.8 Å². The van der Waals surface area contributed by atoms with E-state index in [2.05, 4.69) is 20.9 Å². The molecule has 4 N–H and O–H groups in total. The number of aromatic nitrogens is 1. The van der Waals surface area contributed by atoms with E-state index in [1.165, 1.54) is 11.3 Å². The van der Waals surface area contributed by atoms with Crippen LogP contribution in [0.3, 0.4) is 0 Å². The molecule has 1 spiro atoms. The SMILES string of the molecule is Cc1ncsc1-c1ccc(CNC(=O)[C@H]2C[C@H](O)CN2C(=O)[C@H](NC(=O)COC2CCC3(CCNC3)CC2)C(C)(C)C)cc1.Cl. The second-order valence-electron chi connectivity index (χ2n) is 13.9. The number of aliphatic hydroxyl groups is 1. The molecule has 10 nitrogen and oxygen atoms in total. The summed E-state index contributed by atoms with van der Waals surface area (Å²) in [6.45, 7) is 10.00. The Hall–Kier alpha value is -2.57. The zero-order chi connectivity index (χ0) is 31.5. The number of carbonyl (C=O) groups is 3. The smallest absolute Gasteiger partial charge is 0.246 e. The van der Waals surface area contributed by atoms with Gasteiger partial charge < -0.3 is 30.7 Å². The standard InChI is InChI=1S/C33H47N5O5S.ClH/c1-21-28(44-20-36-21)23-7-5-22(6-8-23)16-35-30(41)26-15-24(39)17-38(26)31(42)29(32(2,3)4)37-27(40)18-43-25-9-11-33(12-10-25)13-14-34-19-33;/h5-8,20,24-26,29,34,39H,9-19H2,1-4H3,(H,35,41)(H,37,40);1H/t24-,25?,26+,29-,33?;/m0./s1. The van der Waals surface area contributed by atoms with E-state index in [-0.39, 0.29) is 55.8 Å². The average molecular weight is 662 g/mol. The largest absolute Gasteiger partial charge is 0.391 e. The minimum absolute atomic E-state index is 0. The van der Waals surface area contributed by atoms with Gasteiger partial charge in [-0.2, -0.15) is 0 Å². The van der Waals surface area contributed by atoms with Crippen molar-refractivity contribution in [2.45, 2.75) is 97.1 Å². The van der Waals surface area contributed by atoms with Crippen LogP contribution >= 0.6 is 23.7 Å². The molecule has 248 valence electrons. The summed E-state index contributed by atoms with van der Waals surface area (Å²) in [7, 11) is 0. The third-order valence-electron chi connectivity index (χ3n) is 9.49. The number of β-amino-alcohol motifs (C(OH)–C–C–N with tert-alkyl or cyclic N) is 1. The van der Waals surface area contributed by atoms with Crippen LogP contribution in [-0.4, -0.2) is 83.2 Å². The van der Waals surface area contributed by atoms with Crippen LogP contribution in [-0.2, 0) is 25.7 Å². The maximum Gasteiger partial charge on any atom is 0.246 e. The van der Waals surface area contributed by atoms with Crippen molar-refractivity contribution in [3.05, 3.63) is 41.0 Å². The Morgan fingerprint density at radius 1 is 1.18 bits per heavy atom. The minimum Gasteiger partial charge on any atom is -0.391 e. The van der Waals surface area contributed by atoms with E-state index in [0.717, 1.165) is 60.5 Å². The van der Waals surface area contributed by atoms with Gasteiger partial charge in [0.25, 0.3) is 0 Å². The van der Waals surface area contributed by atoms with Crippen LogP contribution < -0.4 is 16.0 Å². The Morgan fingerprint density at radius 3 is 2.49 bits per heavy atom. The number of thiazole rings is 1. The van der Waals surface area contributed by atoms with Crippen LogP contribution in [0.5, 0.6) is 0 Å². The lowest BCUT2D eigenvalue weighted by atomic mass is 9.72. The highest BCUT2D eigenvalue weighted by atomic mass is 35.5. The maximum atomic E-state index is 13.9. The summed E-state index contributed by atoms with van der Waals surface area (Å²) in [5.74, 6) is -1.05. The van der Waals surface area contributed by atoms with Gasteiger partial charge >= 0.3 is 0 Å². The zero-order valence-electron chi connectivity index (χ0n) is 26.8. The summed E-state index contributed by atoms with van der Waals surface area (Å²) in [5, 5.41) is 19.8. The molecule has 1 aromatic heterocycles. The molecule has 1 aromatic carbocycles. The van der Waals surface area contributed by atoms with Crippen molar-refractivity contribution >= 4 is 41.5 Å². The number of hydrogen-bond acceptors (Lipinski definition) is 8. The molecule has 45 heavy (non-hydrogen) atoms. The Labute approximate surface area is 276 Å². The van der Waals surface area contributed by atoms with E-state index in [1.807, 2.05) is 57.5 Å². The lowest BCUT2D eigenvalue weighted by Crippen LogP contribution is -2.58. The monoisotopic (exact) mass is 661 g/mol. The highest BCUT2D eigenvalue weighted by Crippen LogP contribution is 2.41. The number of benzene rings is 1. The number of rotatable bonds is 9. The molecule has 2 aromatic rings. The summed E-state index contributed by atoms with van der Waals surface area (Å²) in [4.78, 5) is 47.0. The van der Waals surface area contributed by atoms with Gasteiger partial charge in [0.15, 0.2) is 0 Å². The summed E-state index contributed by atoms with van der Waals surface area (Å²) < 4.78 is 5.99. The maximum absolute atomic E-state index is 13.9. The van der Waals surface area contributed by atoms with Gasteiger partial charge in [-0.05, 0) is 67.5 Å². The molecular formula is C33H48ClN5O5S. The van der Waals surface area contributed by atoms with Crippen molar-refractivity contribution in [3.8, 4) is 10.4 Å². The number of likely N-dealkylation sites (tertiary alicyclic amines) is 1. The first-order valence-electron chi connectivity index (χ1n) is 15.8. The van der Waals surface area contributed by atoms with Crippen LogP contribution in [0.25, 0.3) is 10.4 Å². The Morgan fingerprint density at radius 2 is 1.89 bits per heavy atom.